The summed E-state index contributed by atoms with van der Waals surface area (Å²) >= 11 is 0. The van der Waals surface area contributed by atoms with Gasteiger partial charge in [-0.2, -0.15) is 0 Å². The van der Waals surface area contributed by atoms with Crippen LogP contribution in [0.4, 0.5) is 0 Å². The largest absolute Gasteiger partial charge is 0.466 e. The fraction of sp³-hybridized carbons (Fsp3) is 0.692. The molecule has 1 N–H and O–H groups in total. The van der Waals surface area contributed by atoms with E-state index in [1.165, 1.54) is 24.8 Å². The Hall–Kier alpha value is -0.760. The van der Waals surface area contributed by atoms with Crippen molar-refractivity contribution in [1.82, 2.24) is 5.32 Å². The third kappa shape index (κ3) is 3.10. The zero-order valence-electron chi connectivity index (χ0n) is 9.97. The molecule has 0 spiro atoms. The highest BCUT2D eigenvalue weighted by Crippen LogP contribution is 2.33. The molecule has 1 fully saturated rings. The summed E-state index contributed by atoms with van der Waals surface area (Å²) in [5, 5.41) is 3.56. The van der Waals surface area contributed by atoms with Crippen LogP contribution in [0.3, 0.4) is 0 Å². The number of furan rings is 1. The number of rotatable bonds is 5. The molecule has 1 aromatic heterocycles. The van der Waals surface area contributed by atoms with Gasteiger partial charge in [0.25, 0.3) is 0 Å². The molecule has 2 heteroatoms. The molecule has 1 saturated carbocycles. The van der Waals surface area contributed by atoms with Gasteiger partial charge in [0.1, 0.15) is 11.5 Å². The minimum Gasteiger partial charge on any atom is -0.466 e. The third-order valence-electron chi connectivity index (χ3n) is 3.17. The molecule has 0 aromatic carbocycles. The smallest absolute Gasteiger partial charge is 0.105 e. The Morgan fingerprint density at radius 2 is 2.20 bits per heavy atom. The van der Waals surface area contributed by atoms with Crippen LogP contribution < -0.4 is 5.32 Å². The highest BCUT2D eigenvalue weighted by molar-refractivity contribution is 5.19. The van der Waals surface area contributed by atoms with Crippen molar-refractivity contribution in [3.63, 3.8) is 0 Å². The number of nitrogens with one attached hydrogen (secondary N) is 1. The number of hydrogen-bond donors (Lipinski definition) is 1. The summed E-state index contributed by atoms with van der Waals surface area (Å²) in [5.41, 5.74) is 1.30. The second-order valence-corrected chi connectivity index (χ2v) is 4.90. The van der Waals surface area contributed by atoms with Gasteiger partial charge in [0, 0.05) is 18.2 Å². The van der Waals surface area contributed by atoms with Crippen LogP contribution in [-0.4, -0.2) is 6.04 Å². The van der Waals surface area contributed by atoms with Crippen LogP contribution in [0.5, 0.6) is 0 Å². The van der Waals surface area contributed by atoms with Crippen molar-refractivity contribution in [3.05, 3.63) is 23.2 Å². The van der Waals surface area contributed by atoms with E-state index in [1.807, 2.05) is 13.8 Å². The fourth-order valence-corrected chi connectivity index (χ4v) is 2.08. The first-order valence-electron chi connectivity index (χ1n) is 5.94. The molecule has 15 heavy (non-hydrogen) atoms. The molecule has 1 aromatic rings. The predicted molar refractivity (Wildman–Crippen MR) is 61.8 cm³/mol. The molecule has 84 valence electrons. The first-order valence-corrected chi connectivity index (χ1v) is 5.94. The van der Waals surface area contributed by atoms with E-state index < -0.39 is 0 Å². The van der Waals surface area contributed by atoms with Crippen LogP contribution in [0.15, 0.2) is 10.5 Å². The van der Waals surface area contributed by atoms with Crippen LogP contribution in [0.25, 0.3) is 0 Å². The van der Waals surface area contributed by atoms with Gasteiger partial charge in [0.2, 0.25) is 0 Å². The molecule has 1 unspecified atom stereocenters. The van der Waals surface area contributed by atoms with Gasteiger partial charge in [0.05, 0.1) is 0 Å². The molecule has 0 amide bonds. The van der Waals surface area contributed by atoms with Crippen molar-refractivity contribution in [1.29, 1.82) is 0 Å². The summed E-state index contributed by atoms with van der Waals surface area (Å²) in [6.07, 6.45) is 4.21. The summed E-state index contributed by atoms with van der Waals surface area (Å²) in [6, 6.07) is 2.76. The van der Waals surface area contributed by atoms with Crippen molar-refractivity contribution >= 4 is 0 Å². The zero-order valence-corrected chi connectivity index (χ0v) is 9.97. The standard InChI is InChI=1S/C13H21NO/c1-9(6-12-4-5-12)14-8-13-7-10(2)15-11(13)3/h7,9,12,14H,4-6,8H2,1-3H3. The van der Waals surface area contributed by atoms with Crippen LogP contribution in [0.1, 0.15) is 43.3 Å². The molecule has 1 aliphatic rings. The van der Waals surface area contributed by atoms with E-state index in [0.29, 0.717) is 6.04 Å². The van der Waals surface area contributed by atoms with Crippen molar-refractivity contribution in [3.8, 4) is 0 Å². The van der Waals surface area contributed by atoms with Gasteiger partial charge in [-0.25, -0.2) is 0 Å². The average molecular weight is 207 g/mol. The lowest BCUT2D eigenvalue weighted by atomic mass is 10.1. The van der Waals surface area contributed by atoms with Crippen molar-refractivity contribution in [2.24, 2.45) is 5.92 Å². The van der Waals surface area contributed by atoms with E-state index in [1.54, 1.807) is 0 Å². The normalized spacial score (nSPS) is 18.1. The summed E-state index contributed by atoms with van der Waals surface area (Å²) < 4.78 is 5.50. The molecule has 2 rings (SSSR count). The Balaban J connectivity index is 1.78. The Morgan fingerprint density at radius 3 is 2.73 bits per heavy atom. The minimum absolute atomic E-state index is 0.632. The minimum atomic E-state index is 0.632. The van der Waals surface area contributed by atoms with Gasteiger partial charge < -0.3 is 9.73 Å². The summed E-state index contributed by atoms with van der Waals surface area (Å²) in [7, 11) is 0. The van der Waals surface area contributed by atoms with Gasteiger partial charge in [-0.05, 0) is 39.2 Å². The molecule has 1 atom stereocenters. The van der Waals surface area contributed by atoms with Gasteiger partial charge in [-0.1, -0.05) is 12.8 Å². The first kappa shape index (κ1) is 10.7. The number of aryl methyl sites for hydroxylation is 2. The number of hydrogen-bond acceptors (Lipinski definition) is 2. The summed E-state index contributed by atoms with van der Waals surface area (Å²) in [6.45, 7) is 7.26. The molecule has 0 bridgehead atoms. The van der Waals surface area contributed by atoms with Crippen LogP contribution in [0.2, 0.25) is 0 Å². The first-order chi connectivity index (χ1) is 7.15. The highest BCUT2D eigenvalue weighted by atomic mass is 16.3. The Morgan fingerprint density at radius 1 is 1.47 bits per heavy atom. The van der Waals surface area contributed by atoms with Gasteiger partial charge in [0.15, 0.2) is 0 Å². The Labute approximate surface area is 92.1 Å². The SMILES string of the molecule is Cc1cc(CNC(C)CC2CC2)c(C)o1. The molecular weight excluding hydrogens is 186 g/mol. The molecule has 0 saturated heterocycles. The molecule has 1 aliphatic carbocycles. The fourth-order valence-electron chi connectivity index (χ4n) is 2.08. The van der Waals surface area contributed by atoms with Crippen molar-refractivity contribution in [2.45, 2.75) is 52.6 Å². The lowest BCUT2D eigenvalue weighted by molar-refractivity contribution is 0.474. The van der Waals surface area contributed by atoms with Crippen molar-refractivity contribution in [2.75, 3.05) is 0 Å². The van der Waals surface area contributed by atoms with E-state index in [9.17, 15) is 0 Å². The average Bonchev–Trinajstić information content (AvgIpc) is 2.89. The Kier molecular flexibility index (Phi) is 3.15. The lowest BCUT2D eigenvalue weighted by Crippen LogP contribution is -2.25. The highest BCUT2D eigenvalue weighted by Gasteiger charge is 2.23. The van der Waals surface area contributed by atoms with Crippen LogP contribution >= 0.6 is 0 Å². The van der Waals surface area contributed by atoms with Crippen LogP contribution in [0, 0.1) is 19.8 Å². The van der Waals surface area contributed by atoms with E-state index >= 15 is 0 Å². The monoisotopic (exact) mass is 207 g/mol. The molecule has 1 heterocycles. The quantitative estimate of drug-likeness (QED) is 0.802. The van der Waals surface area contributed by atoms with Crippen molar-refractivity contribution < 1.29 is 4.42 Å². The summed E-state index contributed by atoms with van der Waals surface area (Å²) in [5.74, 6) is 3.07. The third-order valence-corrected chi connectivity index (χ3v) is 3.17. The molecule has 2 nitrogen and oxygen atoms in total. The lowest BCUT2D eigenvalue weighted by Gasteiger charge is -2.12. The van der Waals surface area contributed by atoms with Gasteiger partial charge in [-0.15, -0.1) is 0 Å². The Bertz CT molecular complexity index is 325. The van der Waals surface area contributed by atoms with Gasteiger partial charge >= 0.3 is 0 Å². The second kappa shape index (κ2) is 4.40. The molecule has 0 radical (unpaired) electrons. The van der Waals surface area contributed by atoms with E-state index in [-0.39, 0.29) is 0 Å². The maximum atomic E-state index is 5.50. The van der Waals surface area contributed by atoms with E-state index in [4.69, 9.17) is 4.42 Å². The van der Waals surface area contributed by atoms with Crippen LogP contribution in [-0.2, 0) is 6.54 Å². The zero-order chi connectivity index (χ0) is 10.8. The maximum Gasteiger partial charge on any atom is 0.105 e. The summed E-state index contributed by atoms with van der Waals surface area (Å²) in [4.78, 5) is 0. The predicted octanol–water partition coefficient (Wildman–Crippen LogP) is 3.17. The topological polar surface area (TPSA) is 25.2 Å². The second-order valence-electron chi connectivity index (χ2n) is 4.90. The van der Waals surface area contributed by atoms with E-state index in [2.05, 4.69) is 18.3 Å². The molecule has 0 aliphatic heterocycles. The van der Waals surface area contributed by atoms with E-state index in [0.717, 1.165) is 24.0 Å². The molecular formula is C13H21NO. The van der Waals surface area contributed by atoms with Gasteiger partial charge in [-0.3, -0.25) is 0 Å². The maximum absolute atomic E-state index is 5.50.